The summed E-state index contributed by atoms with van der Waals surface area (Å²) in [4.78, 5) is 34.4. The summed E-state index contributed by atoms with van der Waals surface area (Å²) >= 11 is 0. The van der Waals surface area contributed by atoms with Crippen molar-refractivity contribution in [3.8, 4) is 0 Å². The number of nitrogens with one attached hydrogen (secondary N) is 1. The highest BCUT2D eigenvalue weighted by Crippen LogP contribution is 2.32. The second-order valence-corrected chi connectivity index (χ2v) is 9.42. The van der Waals surface area contributed by atoms with Gasteiger partial charge in [0.1, 0.15) is 11.6 Å². The first kappa shape index (κ1) is 25.5. The normalized spacial score (nSPS) is 16.6. The molecule has 0 aliphatic carbocycles. The number of fused-ring (bicyclic) bond motifs is 1. The molecule has 190 valence electrons. The van der Waals surface area contributed by atoms with Crippen LogP contribution in [0.25, 0.3) is 11.0 Å². The summed E-state index contributed by atoms with van der Waals surface area (Å²) in [5.41, 5.74) is 2.25. The van der Waals surface area contributed by atoms with Crippen molar-refractivity contribution in [3.05, 3.63) is 71.3 Å². The van der Waals surface area contributed by atoms with E-state index in [4.69, 9.17) is 0 Å². The molecule has 1 atom stereocenters. The Hall–Kier alpha value is -3.59. The minimum Gasteiger partial charge on any atom is -0.337 e. The third kappa shape index (κ3) is 5.62. The molecule has 3 aromatic rings. The maximum Gasteiger partial charge on any atom is 0.260 e. The number of carbonyl (C=O) groups excluding carboxylic acids is 2. The van der Waals surface area contributed by atoms with Crippen LogP contribution in [0.2, 0.25) is 0 Å². The third-order valence-electron chi connectivity index (χ3n) is 6.37. The van der Waals surface area contributed by atoms with E-state index in [0.29, 0.717) is 31.2 Å². The summed E-state index contributed by atoms with van der Waals surface area (Å²) in [6, 6.07) is 8.41. The topological polar surface area (TPSA) is 70.5 Å². The maximum absolute atomic E-state index is 14.3. The molecule has 2 amide bonds. The molecule has 7 nitrogen and oxygen atoms in total. The molecular weight excluding hydrogens is 464 g/mol. The largest absolute Gasteiger partial charge is 0.337 e. The summed E-state index contributed by atoms with van der Waals surface area (Å²) in [5, 5.41) is 2.74. The van der Waals surface area contributed by atoms with Gasteiger partial charge in [-0.25, -0.2) is 13.8 Å². The summed E-state index contributed by atoms with van der Waals surface area (Å²) in [7, 11) is 3.88. The van der Waals surface area contributed by atoms with Crippen molar-refractivity contribution < 1.29 is 18.4 Å². The van der Waals surface area contributed by atoms with Crippen LogP contribution in [0, 0.1) is 18.6 Å². The second-order valence-electron chi connectivity index (χ2n) is 9.42. The van der Waals surface area contributed by atoms with Crippen LogP contribution >= 0.6 is 0 Å². The number of imidazole rings is 1. The molecule has 1 aliphatic rings. The molecule has 0 radical (unpaired) electrons. The van der Waals surface area contributed by atoms with Gasteiger partial charge in [-0.2, -0.15) is 0 Å². The van der Waals surface area contributed by atoms with E-state index in [2.05, 4.69) is 10.3 Å². The Labute approximate surface area is 209 Å². The number of amides is 2. The van der Waals surface area contributed by atoms with Gasteiger partial charge in [0.05, 0.1) is 22.6 Å². The van der Waals surface area contributed by atoms with Gasteiger partial charge in [0.15, 0.2) is 0 Å². The average Bonchev–Trinajstić information content (AvgIpc) is 3.01. The molecule has 1 unspecified atom stereocenters. The minimum absolute atomic E-state index is 0.0520. The summed E-state index contributed by atoms with van der Waals surface area (Å²) < 4.78 is 29.6. The first-order valence-electron chi connectivity index (χ1n) is 12.1. The predicted octanol–water partition coefficient (Wildman–Crippen LogP) is 4.55. The minimum atomic E-state index is -0.943. The molecule has 2 heterocycles. The number of carbonyl (C=O) groups is 2. The smallest absolute Gasteiger partial charge is 0.260 e. The third-order valence-corrected chi connectivity index (χ3v) is 6.37. The fraction of sp³-hybridized carbons (Fsp3) is 0.370. The number of rotatable bonds is 6. The van der Waals surface area contributed by atoms with Crippen molar-refractivity contribution >= 4 is 28.8 Å². The van der Waals surface area contributed by atoms with Gasteiger partial charge in [0.25, 0.3) is 5.91 Å². The van der Waals surface area contributed by atoms with Gasteiger partial charge in [0, 0.05) is 31.8 Å². The number of nitrogens with zero attached hydrogens (tertiary/aromatic N) is 4. The number of hydrogen-bond donors (Lipinski definition) is 1. The van der Waals surface area contributed by atoms with Gasteiger partial charge < -0.3 is 14.4 Å². The number of aromatic nitrogens is 2. The Kier molecular flexibility index (Phi) is 7.79. The lowest BCUT2D eigenvalue weighted by Crippen LogP contribution is -2.35. The first-order valence-corrected chi connectivity index (χ1v) is 12.1. The molecule has 4 rings (SSSR count). The lowest BCUT2D eigenvalue weighted by molar-refractivity contribution is -0.126. The Morgan fingerprint density at radius 1 is 1.19 bits per heavy atom. The Morgan fingerprint density at radius 2 is 2.00 bits per heavy atom. The van der Waals surface area contributed by atoms with E-state index < -0.39 is 17.5 Å². The lowest BCUT2D eigenvalue weighted by Gasteiger charge is -2.26. The van der Waals surface area contributed by atoms with E-state index in [1.54, 1.807) is 6.08 Å². The highest BCUT2D eigenvalue weighted by Gasteiger charge is 2.27. The zero-order chi connectivity index (χ0) is 25.8. The standard InChI is InChI=1S/C27H31F2N5O2/c1-18-8-6-10-23-25(18)34(27(30-23)31-26(36)21-13-12-19(28)16-22(21)29)20-9-4-5-15-33(17-20)24(35)11-7-14-32(2)3/h6-8,10-13,16,20H,4-5,9,14-15,17H2,1-3H3,(H,30,31,36). The Morgan fingerprint density at radius 3 is 2.75 bits per heavy atom. The average molecular weight is 496 g/mol. The van der Waals surface area contributed by atoms with Crippen LogP contribution in [0.1, 0.15) is 41.2 Å². The number of halogens is 2. The van der Waals surface area contributed by atoms with Crippen LogP contribution in [-0.4, -0.2) is 64.9 Å². The summed E-state index contributed by atoms with van der Waals surface area (Å²) in [6.07, 6.45) is 6.03. The summed E-state index contributed by atoms with van der Waals surface area (Å²) in [5.74, 6) is -2.19. The molecule has 0 spiro atoms. The molecule has 1 saturated heterocycles. The molecular formula is C27H31F2N5O2. The molecule has 1 aliphatic heterocycles. The van der Waals surface area contributed by atoms with Crippen LogP contribution in [-0.2, 0) is 4.79 Å². The van der Waals surface area contributed by atoms with Gasteiger partial charge in [-0.05, 0) is 64.0 Å². The molecule has 2 aromatic carbocycles. The van der Waals surface area contributed by atoms with Crippen molar-refractivity contribution in [1.29, 1.82) is 0 Å². The zero-order valence-electron chi connectivity index (χ0n) is 20.8. The molecule has 0 saturated carbocycles. The SMILES string of the molecule is Cc1cccc2nc(NC(=O)c3ccc(F)cc3F)n(C3CCCCN(C(=O)C=CCN(C)C)C3)c12. The molecule has 1 N–H and O–H groups in total. The fourth-order valence-corrected chi connectivity index (χ4v) is 4.61. The van der Waals surface area contributed by atoms with E-state index >= 15 is 0 Å². The molecule has 1 aromatic heterocycles. The Bertz CT molecular complexity index is 1300. The quantitative estimate of drug-likeness (QED) is 0.510. The van der Waals surface area contributed by atoms with Crippen molar-refractivity contribution in [1.82, 2.24) is 19.4 Å². The van der Waals surface area contributed by atoms with Crippen molar-refractivity contribution in [2.45, 2.75) is 32.2 Å². The Balaban J connectivity index is 1.69. The highest BCUT2D eigenvalue weighted by molar-refractivity contribution is 6.04. The van der Waals surface area contributed by atoms with Gasteiger partial charge in [-0.3, -0.25) is 14.9 Å². The number of likely N-dealkylation sites (tertiary alicyclic amines) is 1. The lowest BCUT2D eigenvalue weighted by atomic mass is 10.1. The van der Waals surface area contributed by atoms with Crippen molar-refractivity contribution in [3.63, 3.8) is 0 Å². The highest BCUT2D eigenvalue weighted by atomic mass is 19.1. The number of hydrogen-bond acceptors (Lipinski definition) is 4. The second kappa shape index (κ2) is 11.0. The van der Waals surface area contributed by atoms with E-state index in [1.165, 1.54) is 0 Å². The van der Waals surface area contributed by atoms with Crippen molar-refractivity contribution in [2.24, 2.45) is 0 Å². The number of para-hydroxylation sites is 1. The summed E-state index contributed by atoms with van der Waals surface area (Å²) in [6.45, 7) is 3.74. The van der Waals surface area contributed by atoms with Gasteiger partial charge in [-0.1, -0.05) is 18.2 Å². The van der Waals surface area contributed by atoms with Gasteiger partial charge in [0.2, 0.25) is 11.9 Å². The van der Waals surface area contributed by atoms with Crippen LogP contribution < -0.4 is 5.32 Å². The molecule has 36 heavy (non-hydrogen) atoms. The number of benzene rings is 2. The zero-order valence-corrected chi connectivity index (χ0v) is 20.8. The van der Waals surface area contributed by atoms with Gasteiger partial charge in [-0.15, -0.1) is 0 Å². The van der Waals surface area contributed by atoms with Crippen LogP contribution in [0.5, 0.6) is 0 Å². The van der Waals surface area contributed by atoms with Crippen LogP contribution in [0.15, 0.2) is 48.6 Å². The van der Waals surface area contributed by atoms with E-state index in [0.717, 1.165) is 42.5 Å². The van der Waals surface area contributed by atoms with Crippen LogP contribution in [0.3, 0.4) is 0 Å². The predicted molar refractivity (Wildman–Crippen MR) is 136 cm³/mol. The van der Waals surface area contributed by atoms with E-state index in [-0.39, 0.29) is 23.5 Å². The monoisotopic (exact) mass is 495 g/mol. The fourth-order valence-electron chi connectivity index (χ4n) is 4.61. The molecule has 9 heteroatoms. The number of anilines is 1. The number of aryl methyl sites for hydroxylation is 1. The van der Waals surface area contributed by atoms with Crippen molar-refractivity contribution in [2.75, 3.05) is 39.0 Å². The molecule has 0 bridgehead atoms. The van der Waals surface area contributed by atoms with Gasteiger partial charge >= 0.3 is 0 Å². The molecule has 1 fully saturated rings. The van der Waals surface area contributed by atoms with E-state index in [9.17, 15) is 18.4 Å². The first-order chi connectivity index (χ1) is 17.2. The van der Waals surface area contributed by atoms with E-state index in [1.807, 2.05) is 59.7 Å². The number of likely N-dealkylation sites (N-methyl/N-ethyl adjacent to an activating group) is 1. The maximum atomic E-state index is 14.3. The van der Waals surface area contributed by atoms with Crippen LogP contribution in [0.4, 0.5) is 14.7 Å².